The van der Waals surface area contributed by atoms with Crippen molar-refractivity contribution in [1.82, 2.24) is 34.3 Å². The fourth-order valence-electron chi connectivity index (χ4n) is 3.84. The molecule has 4 heterocycles. The molecule has 3 aromatic heterocycles. The lowest BCUT2D eigenvalue weighted by Gasteiger charge is -2.23. The third-order valence-electron chi connectivity index (χ3n) is 5.36. The van der Waals surface area contributed by atoms with Crippen LogP contribution in [0.1, 0.15) is 30.3 Å². The van der Waals surface area contributed by atoms with Gasteiger partial charge in [0, 0.05) is 18.4 Å². The van der Waals surface area contributed by atoms with Crippen molar-refractivity contribution in [2.75, 3.05) is 12.3 Å². The number of aryl methyl sites for hydroxylation is 1. The van der Waals surface area contributed by atoms with Crippen LogP contribution in [0.2, 0.25) is 0 Å². The molecule has 1 amide bonds. The summed E-state index contributed by atoms with van der Waals surface area (Å²) in [6.45, 7) is 2.78. The maximum Gasteiger partial charge on any atom is 0.233 e. The molecular weight excluding hydrogens is 398 g/mol. The number of thioether (sulfide) groups is 1. The minimum atomic E-state index is -0.0505. The molecule has 152 valence electrons. The maximum absolute atomic E-state index is 13.1. The minimum Gasteiger partial charge on any atom is -0.332 e. The first kappa shape index (κ1) is 18.8. The zero-order valence-electron chi connectivity index (χ0n) is 16.5. The lowest BCUT2D eigenvalue weighted by molar-refractivity contribution is -0.129. The van der Waals surface area contributed by atoms with E-state index in [2.05, 4.69) is 27.3 Å². The Kier molecular flexibility index (Phi) is 4.96. The Bertz CT molecular complexity index is 1180. The Morgan fingerprint density at radius 1 is 1.13 bits per heavy atom. The molecule has 9 heteroatoms. The van der Waals surface area contributed by atoms with Crippen molar-refractivity contribution in [2.24, 2.45) is 0 Å². The van der Waals surface area contributed by atoms with Gasteiger partial charge in [0.1, 0.15) is 6.33 Å². The fraction of sp³-hybridized carbons (Fsp3) is 0.286. The Morgan fingerprint density at radius 3 is 2.87 bits per heavy atom. The first-order valence-corrected chi connectivity index (χ1v) is 10.9. The number of carbonyl (C=O) groups is 1. The lowest BCUT2D eigenvalue weighted by Crippen LogP contribution is -2.33. The second-order valence-electron chi connectivity index (χ2n) is 7.34. The van der Waals surface area contributed by atoms with Crippen molar-refractivity contribution in [2.45, 2.75) is 31.0 Å². The summed E-state index contributed by atoms with van der Waals surface area (Å²) in [5.74, 6) is 1.20. The molecular formula is C21H21N7OS. The van der Waals surface area contributed by atoms with Crippen LogP contribution in [-0.2, 0) is 4.79 Å². The summed E-state index contributed by atoms with van der Waals surface area (Å²) in [6.07, 6.45) is 5.48. The molecule has 0 spiro atoms. The predicted octanol–water partition coefficient (Wildman–Crippen LogP) is 3.07. The van der Waals surface area contributed by atoms with Gasteiger partial charge in [0.05, 0.1) is 11.8 Å². The van der Waals surface area contributed by atoms with Gasteiger partial charge in [0.15, 0.2) is 16.6 Å². The first-order chi connectivity index (χ1) is 14.7. The summed E-state index contributed by atoms with van der Waals surface area (Å²) in [5, 5.41) is 17.5. The lowest BCUT2D eigenvalue weighted by atomic mass is 10.2. The van der Waals surface area contributed by atoms with Crippen molar-refractivity contribution in [3.8, 4) is 5.69 Å². The molecule has 5 rings (SSSR count). The van der Waals surface area contributed by atoms with Crippen LogP contribution in [-0.4, -0.2) is 52.5 Å². The molecule has 0 radical (unpaired) electrons. The van der Waals surface area contributed by atoms with Gasteiger partial charge >= 0.3 is 0 Å². The topological polar surface area (TPSA) is 81.2 Å². The van der Waals surface area contributed by atoms with Gasteiger partial charge < -0.3 is 4.90 Å². The normalized spacial score (nSPS) is 16.4. The van der Waals surface area contributed by atoms with Gasteiger partial charge in [-0.3, -0.25) is 13.8 Å². The molecule has 1 aromatic carbocycles. The summed E-state index contributed by atoms with van der Waals surface area (Å²) in [6, 6.07) is 13.9. The highest BCUT2D eigenvalue weighted by Gasteiger charge is 2.33. The maximum atomic E-state index is 13.1. The minimum absolute atomic E-state index is 0.0505. The van der Waals surface area contributed by atoms with Crippen LogP contribution < -0.4 is 0 Å². The van der Waals surface area contributed by atoms with E-state index < -0.39 is 0 Å². The van der Waals surface area contributed by atoms with Gasteiger partial charge in [-0.25, -0.2) is 0 Å². The fourth-order valence-corrected chi connectivity index (χ4v) is 4.65. The molecule has 0 bridgehead atoms. The summed E-state index contributed by atoms with van der Waals surface area (Å²) >= 11 is 1.41. The molecule has 0 saturated carbocycles. The highest BCUT2D eigenvalue weighted by atomic mass is 32.2. The average molecular weight is 420 g/mol. The Labute approximate surface area is 177 Å². The standard InChI is InChI=1S/C21H21N7OS/c1-15-7-9-16(10-8-15)28-14-22-25-21(28)30-13-19(29)26-12-4-5-17(26)20-24-23-18-6-2-3-11-27(18)20/h2-3,6-11,14,17H,4-5,12-13H2,1H3. The van der Waals surface area contributed by atoms with E-state index in [9.17, 15) is 4.79 Å². The second kappa shape index (κ2) is 7.91. The SMILES string of the molecule is Cc1ccc(-n2cnnc2SCC(=O)N2CCCC2c2nnc3ccccn23)cc1. The number of hydrogen-bond donors (Lipinski definition) is 0. The van der Waals surface area contributed by atoms with E-state index in [4.69, 9.17) is 0 Å². The van der Waals surface area contributed by atoms with Gasteiger partial charge in [-0.2, -0.15) is 0 Å². The molecule has 8 nitrogen and oxygen atoms in total. The van der Waals surface area contributed by atoms with Crippen LogP contribution in [0.15, 0.2) is 60.1 Å². The number of aromatic nitrogens is 6. The van der Waals surface area contributed by atoms with Crippen molar-refractivity contribution in [3.05, 3.63) is 66.4 Å². The molecule has 1 saturated heterocycles. The van der Waals surface area contributed by atoms with E-state index in [1.54, 1.807) is 6.33 Å². The molecule has 1 unspecified atom stereocenters. The molecule has 4 aromatic rings. The van der Waals surface area contributed by atoms with Crippen LogP contribution in [0.5, 0.6) is 0 Å². The predicted molar refractivity (Wildman–Crippen MR) is 113 cm³/mol. The number of rotatable bonds is 5. The first-order valence-electron chi connectivity index (χ1n) is 9.90. The van der Waals surface area contributed by atoms with Crippen molar-refractivity contribution in [3.63, 3.8) is 0 Å². The van der Waals surface area contributed by atoms with Crippen LogP contribution in [0.3, 0.4) is 0 Å². The van der Waals surface area contributed by atoms with E-state index in [0.717, 1.165) is 36.5 Å². The second-order valence-corrected chi connectivity index (χ2v) is 8.28. The van der Waals surface area contributed by atoms with Crippen LogP contribution in [0.25, 0.3) is 11.3 Å². The van der Waals surface area contributed by atoms with E-state index >= 15 is 0 Å². The number of fused-ring (bicyclic) bond motifs is 1. The number of hydrogen-bond acceptors (Lipinski definition) is 6. The molecule has 1 aliphatic rings. The Morgan fingerprint density at radius 2 is 2.00 bits per heavy atom. The average Bonchev–Trinajstić information content (AvgIpc) is 3.51. The van der Waals surface area contributed by atoms with Crippen LogP contribution in [0, 0.1) is 6.92 Å². The third kappa shape index (κ3) is 3.45. The number of pyridine rings is 1. The summed E-state index contributed by atoms with van der Waals surface area (Å²) in [5.41, 5.74) is 2.97. The quantitative estimate of drug-likeness (QED) is 0.463. The summed E-state index contributed by atoms with van der Waals surface area (Å²) < 4.78 is 3.88. The zero-order chi connectivity index (χ0) is 20.5. The molecule has 0 N–H and O–H groups in total. The molecule has 0 aliphatic carbocycles. The molecule has 30 heavy (non-hydrogen) atoms. The van der Waals surface area contributed by atoms with Crippen LogP contribution in [0.4, 0.5) is 0 Å². The van der Waals surface area contributed by atoms with E-state index in [1.807, 2.05) is 62.5 Å². The highest BCUT2D eigenvalue weighted by Crippen LogP contribution is 2.32. The van der Waals surface area contributed by atoms with Crippen molar-refractivity contribution in [1.29, 1.82) is 0 Å². The number of nitrogens with zero attached hydrogens (tertiary/aromatic N) is 7. The number of amides is 1. The van der Waals surface area contributed by atoms with E-state index in [0.29, 0.717) is 10.9 Å². The summed E-state index contributed by atoms with van der Waals surface area (Å²) in [4.78, 5) is 15.0. The van der Waals surface area contributed by atoms with Crippen molar-refractivity contribution < 1.29 is 4.79 Å². The van der Waals surface area contributed by atoms with E-state index in [1.165, 1.54) is 17.3 Å². The third-order valence-corrected chi connectivity index (χ3v) is 6.29. The van der Waals surface area contributed by atoms with Gasteiger partial charge in [-0.05, 0) is 44.0 Å². The Hall–Kier alpha value is -3.20. The van der Waals surface area contributed by atoms with Gasteiger partial charge in [-0.1, -0.05) is 35.5 Å². The number of benzene rings is 1. The highest BCUT2D eigenvalue weighted by molar-refractivity contribution is 7.99. The monoisotopic (exact) mass is 419 g/mol. The number of carbonyl (C=O) groups excluding carboxylic acids is 1. The van der Waals surface area contributed by atoms with Gasteiger partial charge in [0.25, 0.3) is 0 Å². The Balaban J connectivity index is 1.31. The number of likely N-dealkylation sites (tertiary alicyclic amines) is 1. The van der Waals surface area contributed by atoms with Crippen molar-refractivity contribution >= 4 is 23.3 Å². The smallest absolute Gasteiger partial charge is 0.233 e. The summed E-state index contributed by atoms with van der Waals surface area (Å²) in [7, 11) is 0. The molecule has 1 fully saturated rings. The van der Waals surface area contributed by atoms with E-state index in [-0.39, 0.29) is 11.9 Å². The van der Waals surface area contributed by atoms with Crippen LogP contribution >= 0.6 is 11.8 Å². The van der Waals surface area contributed by atoms with Gasteiger partial charge in [0.2, 0.25) is 5.91 Å². The molecule has 1 atom stereocenters. The zero-order valence-corrected chi connectivity index (χ0v) is 17.4. The van der Waals surface area contributed by atoms with Gasteiger partial charge in [-0.15, -0.1) is 20.4 Å². The molecule has 1 aliphatic heterocycles. The largest absolute Gasteiger partial charge is 0.332 e.